The van der Waals surface area contributed by atoms with Gasteiger partial charge in [-0.05, 0) is 41.5 Å². The first-order valence-corrected chi connectivity index (χ1v) is 11.3. The van der Waals surface area contributed by atoms with Crippen molar-refractivity contribution in [2.75, 3.05) is 14.2 Å². The van der Waals surface area contributed by atoms with E-state index in [-0.39, 0.29) is 12.3 Å². The molecule has 0 unspecified atom stereocenters. The van der Waals surface area contributed by atoms with Gasteiger partial charge in [-0.1, -0.05) is 53.5 Å². The molecule has 4 rings (SSSR count). The third kappa shape index (κ3) is 5.35. The highest BCUT2D eigenvalue weighted by atomic mass is 35.5. The molecule has 0 saturated heterocycles. The normalized spacial score (nSPS) is 11.2. The molecule has 3 aromatic carbocycles. The van der Waals surface area contributed by atoms with E-state index in [1.165, 1.54) is 0 Å². The smallest absolute Gasteiger partial charge is 0.244 e. The number of hydrogen-bond donors (Lipinski definition) is 1. The Hall–Kier alpha value is -3.48. The molecule has 6 nitrogen and oxygen atoms in total. The van der Waals surface area contributed by atoms with E-state index in [4.69, 9.17) is 32.7 Å². The van der Waals surface area contributed by atoms with E-state index in [9.17, 15) is 4.79 Å². The molecule has 8 heteroatoms. The SMILES string of the molecule is COc1ccc(CC(=O)NN=Cc2cn(Cc3ccc(Cl)cc3Cl)c3ccccc23)cc1OC. The number of aromatic nitrogens is 1. The number of nitrogens with one attached hydrogen (secondary N) is 1. The van der Waals surface area contributed by atoms with Gasteiger partial charge in [0.25, 0.3) is 0 Å². The van der Waals surface area contributed by atoms with E-state index in [1.807, 2.05) is 48.7 Å². The van der Waals surface area contributed by atoms with Crippen molar-refractivity contribution in [3.63, 3.8) is 0 Å². The van der Waals surface area contributed by atoms with Crippen LogP contribution in [0.5, 0.6) is 11.5 Å². The molecule has 0 saturated carbocycles. The number of fused-ring (bicyclic) bond motifs is 1. The number of nitrogens with zero attached hydrogens (tertiary/aromatic N) is 2. The lowest BCUT2D eigenvalue weighted by molar-refractivity contribution is -0.120. The molecule has 1 aromatic heterocycles. The molecular weight excluding hydrogens is 473 g/mol. The number of methoxy groups -OCH3 is 2. The molecular formula is C26H23Cl2N3O3. The lowest BCUT2D eigenvalue weighted by Gasteiger charge is -2.09. The summed E-state index contributed by atoms with van der Waals surface area (Å²) >= 11 is 12.4. The van der Waals surface area contributed by atoms with Gasteiger partial charge in [-0.15, -0.1) is 0 Å². The summed E-state index contributed by atoms with van der Waals surface area (Å²) in [6, 6.07) is 18.8. The lowest BCUT2D eigenvalue weighted by Crippen LogP contribution is -2.19. The van der Waals surface area contributed by atoms with Crippen LogP contribution in [-0.4, -0.2) is 30.9 Å². The molecule has 174 valence electrons. The number of benzene rings is 3. The van der Waals surface area contributed by atoms with E-state index >= 15 is 0 Å². The lowest BCUT2D eigenvalue weighted by atomic mass is 10.1. The van der Waals surface area contributed by atoms with Gasteiger partial charge in [-0.2, -0.15) is 5.10 Å². The van der Waals surface area contributed by atoms with E-state index in [0.29, 0.717) is 28.1 Å². The predicted molar refractivity (Wildman–Crippen MR) is 136 cm³/mol. The van der Waals surface area contributed by atoms with Gasteiger partial charge in [0.1, 0.15) is 0 Å². The predicted octanol–water partition coefficient (Wildman–Crippen LogP) is 5.71. The van der Waals surface area contributed by atoms with Crippen LogP contribution in [0.15, 0.2) is 72.0 Å². The van der Waals surface area contributed by atoms with Gasteiger partial charge in [0.15, 0.2) is 11.5 Å². The Morgan fingerprint density at radius 1 is 1.03 bits per heavy atom. The fourth-order valence-electron chi connectivity index (χ4n) is 3.73. The summed E-state index contributed by atoms with van der Waals surface area (Å²) in [4.78, 5) is 12.4. The maximum atomic E-state index is 12.4. The summed E-state index contributed by atoms with van der Waals surface area (Å²) in [5.41, 5.74) is 6.26. The van der Waals surface area contributed by atoms with Gasteiger partial charge in [0.05, 0.1) is 26.9 Å². The zero-order chi connectivity index (χ0) is 24.1. The fraction of sp³-hybridized carbons (Fsp3) is 0.154. The van der Waals surface area contributed by atoms with Crippen molar-refractivity contribution in [2.45, 2.75) is 13.0 Å². The number of halogens is 2. The highest BCUT2D eigenvalue weighted by molar-refractivity contribution is 6.35. The molecule has 1 N–H and O–H groups in total. The zero-order valence-electron chi connectivity index (χ0n) is 18.7. The van der Waals surface area contributed by atoms with Crippen molar-refractivity contribution in [1.29, 1.82) is 0 Å². The van der Waals surface area contributed by atoms with Gasteiger partial charge < -0.3 is 14.0 Å². The number of rotatable bonds is 8. The Morgan fingerprint density at radius 3 is 2.59 bits per heavy atom. The molecule has 0 spiro atoms. The summed E-state index contributed by atoms with van der Waals surface area (Å²) in [6.07, 6.45) is 3.79. The van der Waals surface area contributed by atoms with Crippen LogP contribution in [0.3, 0.4) is 0 Å². The van der Waals surface area contributed by atoms with E-state index in [0.717, 1.165) is 27.6 Å². The molecule has 0 bridgehead atoms. The third-order valence-corrected chi connectivity index (χ3v) is 5.97. The Kier molecular flexibility index (Phi) is 7.40. The van der Waals surface area contributed by atoms with E-state index in [1.54, 1.807) is 38.6 Å². The first-order valence-electron chi connectivity index (χ1n) is 10.5. The first-order chi connectivity index (χ1) is 16.5. The number of amides is 1. The summed E-state index contributed by atoms with van der Waals surface area (Å²) in [6.45, 7) is 0.579. The average molecular weight is 496 g/mol. The summed E-state index contributed by atoms with van der Waals surface area (Å²) in [7, 11) is 3.13. The number of hydrogen-bond acceptors (Lipinski definition) is 4. The number of hydrazone groups is 1. The number of carbonyl (C=O) groups excluding carboxylic acids is 1. The molecule has 0 aliphatic heterocycles. The largest absolute Gasteiger partial charge is 0.493 e. The highest BCUT2D eigenvalue weighted by Gasteiger charge is 2.10. The van der Waals surface area contributed by atoms with Gasteiger partial charge in [0.2, 0.25) is 5.91 Å². The third-order valence-electron chi connectivity index (χ3n) is 5.38. The molecule has 0 atom stereocenters. The van der Waals surface area contributed by atoms with Crippen molar-refractivity contribution in [1.82, 2.24) is 9.99 Å². The summed E-state index contributed by atoms with van der Waals surface area (Å²) in [5, 5.41) is 6.41. The van der Waals surface area contributed by atoms with Crippen molar-refractivity contribution in [3.8, 4) is 11.5 Å². The van der Waals surface area contributed by atoms with Crippen LogP contribution < -0.4 is 14.9 Å². The molecule has 1 amide bonds. The van der Waals surface area contributed by atoms with Gasteiger partial charge >= 0.3 is 0 Å². The fourth-order valence-corrected chi connectivity index (χ4v) is 4.20. The zero-order valence-corrected chi connectivity index (χ0v) is 20.2. The summed E-state index contributed by atoms with van der Waals surface area (Å²) in [5.74, 6) is 0.950. The van der Waals surface area contributed by atoms with Crippen molar-refractivity contribution < 1.29 is 14.3 Å². The molecule has 1 heterocycles. The van der Waals surface area contributed by atoms with Crippen molar-refractivity contribution in [2.24, 2.45) is 5.10 Å². The quantitative estimate of drug-likeness (QED) is 0.251. The molecule has 0 aliphatic rings. The Balaban J connectivity index is 1.49. The van der Waals surface area contributed by atoms with Crippen LogP contribution in [0.1, 0.15) is 16.7 Å². The van der Waals surface area contributed by atoms with Crippen LogP contribution in [-0.2, 0) is 17.8 Å². The van der Waals surface area contributed by atoms with Gasteiger partial charge in [-0.25, -0.2) is 5.43 Å². The second kappa shape index (κ2) is 10.6. The van der Waals surface area contributed by atoms with E-state index in [2.05, 4.69) is 15.1 Å². The molecule has 4 aromatic rings. The minimum absolute atomic E-state index is 0.161. The highest BCUT2D eigenvalue weighted by Crippen LogP contribution is 2.28. The number of para-hydroxylation sites is 1. The van der Waals surface area contributed by atoms with Crippen LogP contribution in [0.2, 0.25) is 10.0 Å². The van der Waals surface area contributed by atoms with Crippen LogP contribution in [0.4, 0.5) is 0 Å². The maximum Gasteiger partial charge on any atom is 0.244 e. The second-order valence-electron chi connectivity index (χ2n) is 7.62. The van der Waals surface area contributed by atoms with Gasteiger partial charge in [-0.3, -0.25) is 4.79 Å². The Labute approximate surface area is 207 Å². The maximum absolute atomic E-state index is 12.4. The Bertz CT molecular complexity index is 1360. The first kappa shape index (κ1) is 23.7. The Morgan fingerprint density at radius 2 is 1.82 bits per heavy atom. The monoisotopic (exact) mass is 495 g/mol. The minimum atomic E-state index is -0.236. The summed E-state index contributed by atoms with van der Waals surface area (Å²) < 4.78 is 12.6. The number of carbonyl (C=O) groups is 1. The van der Waals surface area contributed by atoms with Crippen LogP contribution >= 0.6 is 23.2 Å². The minimum Gasteiger partial charge on any atom is -0.493 e. The second-order valence-corrected chi connectivity index (χ2v) is 8.47. The van der Waals surface area contributed by atoms with Gasteiger partial charge in [0, 0.05) is 39.3 Å². The van der Waals surface area contributed by atoms with Crippen molar-refractivity contribution in [3.05, 3.63) is 93.6 Å². The molecule has 34 heavy (non-hydrogen) atoms. The molecule has 0 fully saturated rings. The van der Waals surface area contributed by atoms with E-state index < -0.39 is 0 Å². The van der Waals surface area contributed by atoms with Crippen LogP contribution in [0, 0.1) is 0 Å². The standard InChI is InChI=1S/C26H23Cl2N3O3/c1-33-24-10-7-17(11-25(24)34-2)12-26(32)30-29-14-19-16-31(23-6-4-3-5-21(19)23)15-18-8-9-20(27)13-22(18)28/h3-11,13-14,16H,12,15H2,1-2H3,(H,30,32). The van der Waals surface area contributed by atoms with Crippen LogP contribution in [0.25, 0.3) is 10.9 Å². The molecule has 0 aliphatic carbocycles. The van der Waals surface area contributed by atoms with Crippen molar-refractivity contribution >= 4 is 46.2 Å². The number of ether oxygens (including phenoxy) is 2. The average Bonchev–Trinajstić information content (AvgIpc) is 3.18. The molecule has 0 radical (unpaired) electrons. The topological polar surface area (TPSA) is 64.8 Å².